The Bertz CT molecular complexity index is 2020. The number of aromatic nitrogens is 2. The Kier molecular flexibility index (Phi) is 9.66. The molecule has 1 aliphatic heterocycles. The van der Waals surface area contributed by atoms with Gasteiger partial charge in [-0.05, 0) is 43.7 Å². The summed E-state index contributed by atoms with van der Waals surface area (Å²) in [5.41, 5.74) is -4.72. The maximum absolute atomic E-state index is 15.2. The molecule has 0 spiro atoms. The van der Waals surface area contributed by atoms with E-state index in [0.29, 0.717) is 17.0 Å². The topological polar surface area (TPSA) is 114 Å². The van der Waals surface area contributed by atoms with Crippen molar-refractivity contribution in [3.8, 4) is 11.1 Å². The van der Waals surface area contributed by atoms with Gasteiger partial charge < -0.3 is 24.6 Å². The van der Waals surface area contributed by atoms with E-state index >= 15 is 8.78 Å². The van der Waals surface area contributed by atoms with Crippen LogP contribution in [-0.4, -0.2) is 64.0 Å². The van der Waals surface area contributed by atoms with Gasteiger partial charge in [0, 0.05) is 48.5 Å². The van der Waals surface area contributed by atoms with Crippen molar-refractivity contribution in [2.24, 2.45) is 7.05 Å². The standard InChI is InChI=1S/C33H28F8N4O5/c1-15-11-21(32(36,37)38)25(30(47)44(15)3)20-7-6-17(19-5-4-8-42-27(19)20)12-24(31(48)49)43-29(46)26-22(34)13-18(14-23(26)35)45-9-10-50-16(2)28(45)33(39,40)41/h4-8,11,13-14,16,24,28H,9-10,12H2,1-3H3,(H,43,46)(H,48,49)/t16-,24-,28-/m0/s1. The number of fused-ring (bicyclic) bond motifs is 1. The van der Waals surface area contributed by atoms with Gasteiger partial charge in [0.1, 0.15) is 23.2 Å². The number of halogens is 8. The number of hydrogen-bond acceptors (Lipinski definition) is 6. The maximum Gasteiger partial charge on any atom is 0.417 e. The van der Waals surface area contributed by atoms with Crippen molar-refractivity contribution in [2.45, 2.75) is 50.8 Å². The molecule has 1 amide bonds. The molecule has 0 radical (unpaired) electrons. The number of aliphatic carboxylic acids is 1. The van der Waals surface area contributed by atoms with Crippen LogP contribution in [0.25, 0.3) is 22.0 Å². The third-order valence-electron chi connectivity index (χ3n) is 8.55. The van der Waals surface area contributed by atoms with Crippen molar-refractivity contribution in [2.75, 3.05) is 18.1 Å². The average Bonchev–Trinajstić information content (AvgIpc) is 3.02. The van der Waals surface area contributed by atoms with Crippen molar-refractivity contribution >= 4 is 28.5 Å². The first kappa shape index (κ1) is 36.2. The van der Waals surface area contributed by atoms with Crippen LogP contribution in [0.3, 0.4) is 0 Å². The molecule has 5 rings (SSSR count). The van der Waals surface area contributed by atoms with E-state index < -0.39 is 88.4 Å². The Morgan fingerprint density at radius 1 is 1.08 bits per heavy atom. The van der Waals surface area contributed by atoms with E-state index in [2.05, 4.69) is 4.98 Å². The second kappa shape index (κ2) is 13.3. The number of benzene rings is 2. The lowest BCUT2D eigenvalue weighted by molar-refractivity contribution is -0.183. The van der Waals surface area contributed by atoms with Crippen LogP contribution in [0.5, 0.6) is 0 Å². The monoisotopic (exact) mass is 712 g/mol. The number of anilines is 1. The molecule has 1 saturated heterocycles. The molecule has 0 aliphatic carbocycles. The molecule has 3 atom stereocenters. The normalized spacial score (nSPS) is 17.5. The summed E-state index contributed by atoms with van der Waals surface area (Å²) < 4.78 is 120. The molecule has 0 unspecified atom stereocenters. The summed E-state index contributed by atoms with van der Waals surface area (Å²) in [4.78, 5) is 43.3. The minimum Gasteiger partial charge on any atom is -0.480 e. The van der Waals surface area contributed by atoms with Gasteiger partial charge in [-0.25, -0.2) is 13.6 Å². The lowest BCUT2D eigenvalue weighted by atomic mass is 9.93. The molecule has 9 nitrogen and oxygen atoms in total. The summed E-state index contributed by atoms with van der Waals surface area (Å²) in [5.74, 6) is -6.29. The van der Waals surface area contributed by atoms with Crippen LogP contribution < -0.4 is 15.8 Å². The number of carboxylic acid groups (broad SMARTS) is 1. The molecule has 17 heteroatoms. The van der Waals surface area contributed by atoms with E-state index in [1.165, 1.54) is 38.4 Å². The molecule has 0 saturated carbocycles. The summed E-state index contributed by atoms with van der Waals surface area (Å²) in [7, 11) is 1.30. The van der Waals surface area contributed by atoms with E-state index in [9.17, 15) is 45.8 Å². The summed E-state index contributed by atoms with van der Waals surface area (Å²) >= 11 is 0. The Morgan fingerprint density at radius 3 is 2.34 bits per heavy atom. The zero-order valence-electron chi connectivity index (χ0n) is 26.4. The van der Waals surface area contributed by atoms with Gasteiger partial charge in [0.2, 0.25) is 0 Å². The number of ether oxygens (including phenoxy) is 1. The van der Waals surface area contributed by atoms with Crippen LogP contribution in [-0.2, 0) is 29.2 Å². The molecule has 1 aliphatic rings. The molecule has 50 heavy (non-hydrogen) atoms. The number of nitrogens with zero attached hydrogens (tertiary/aromatic N) is 3. The maximum atomic E-state index is 15.2. The van der Waals surface area contributed by atoms with E-state index in [0.717, 1.165) is 23.6 Å². The Balaban J connectivity index is 1.48. The van der Waals surface area contributed by atoms with Gasteiger partial charge in [0.25, 0.3) is 11.5 Å². The first-order valence-corrected chi connectivity index (χ1v) is 14.9. The molecule has 2 N–H and O–H groups in total. The van der Waals surface area contributed by atoms with E-state index in [4.69, 9.17) is 4.74 Å². The summed E-state index contributed by atoms with van der Waals surface area (Å²) in [6.45, 7) is 1.95. The Labute approximate surface area is 278 Å². The molecule has 1 fully saturated rings. The predicted octanol–water partition coefficient (Wildman–Crippen LogP) is 5.79. The largest absolute Gasteiger partial charge is 0.480 e. The number of hydrogen-bond donors (Lipinski definition) is 2. The first-order valence-electron chi connectivity index (χ1n) is 14.9. The SMILES string of the molecule is Cc1cc(C(F)(F)F)c(-c2ccc(C[C@H](NC(=O)c3c(F)cc(N4CCO[C@@H](C)[C@H]4C(F)(F)F)cc3F)C(=O)O)c3cccnc23)c(=O)n1C. The highest BCUT2D eigenvalue weighted by Gasteiger charge is 2.49. The van der Waals surface area contributed by atoms with Crippen molar-refractivity contribution in [3.63, 3.8) is 0 Å². The van der Waals surface area contributed by atoms with Crippen molar-refractivity contribution in [1.82, 2.24) is 14.9 Å². The predicted molar refractivity (Wildman–Crippen MR) is 164 cm³/mol. The molecule has 0 bridgehead atoms. The molecule has 4 aromatic rings. The number of rotatable bonds is 7. The number of carbonyl (C=O) groups excluding carboxylic acids is 1. The first-order chi connectivity index (χ1) is 23.3. The second-order valence-electron chi connectivity index (χ2n) is 11.7. The molecule has 266 valence electrons. The zero-order chi connectivity index (χ0) is 36.9. The van der Waals surface area contributed by atoms with Gasteiger partial charge in [-0.1, -0.05) is 18.2 Å². The average molecular weight is 713 g/mol. The van der Waals surface area contributed by atoms with Crippen molar-refractivity contribution in [1.29, 1.82) is 0 Å². The molecule has 2 aromatic carbocycles. The highest BCUT2D eigenvalue weighted by molar-refractivity contribution is 5.99. The second-order valence-corrected chi connectivity index (χ2v) is 11.7. The number of nitrogens with one attached hydrogen (secondary N) is 1. The third-order valence-corrected chi connectivity index (χ3v) is 8.55. The fourth-order valence-corrected chi connectivity index (χ4v) is 6.06. The number of alkyl halides is 6. The number of carbonyl (C=O) groups is 2. The smallest absolute Gasteiger partial charge is 0.417 e. The molecule has 2 aromatic heterocycles. The Morgan fingerprint density at radius 2 is 1.74 bits per heavy atom. The minimum atomic E-state index is -4.92. The molecular weight excluding hydrogens is 684 g/mol. The van der Waals surface area contributed by atoms with Gasteiger partial charge in [-0.15, -0.1) is 0 Å². The van der Waals surface area contributed by atoms with E-state index in [1.807, 2.05) is 5.32 Å². The summed E-state index contributed by atoms with van der Waals surface area (Å²) in [6.07, 6.45) is -10.4. The van der Waals surface area contributed by atoms with E-state index in [-0.39, 0.29) is 40.9 Å². The minimum absolute atomic E-state index is 0.0451. The summed E-state index contributed by atoms with van der Waals surface area (Å²) in [5, 5.41) is 12.1. The van der Waals surface area contributed by atoms with Crippen LogP contribution in [0.4, 0.5) is 40.8 Å². The number of morpholine rings is 1. The fraction of sp³-hybridized carbons (Fsp3) is 0.333. The van der Waals surface area contributed by atoms with Gasteiger partial charge >= 0.3 is 18.3 Å². The van der Waals surface area contributed by atoms with Crippen LogP contribution in [0.1, 0.15) is 34.1 Å². The van der Waals surface area contributed by atoms with E-state index in [1.54, 1.807) is 0 Å². The van der Waals surface area contributed by atoms with Crippen molar-refractivity contribution < 1.29 is 54.6 Å². The highest BCUT2D eigenvalue weighted by atomic mass is 19.4. The Hall–Kier alpha value is -5.06. The number of amides is 1. The lowest BCUT2D eigenvalue weighted by Gasteiger charge is -2.42. The number of aryl methyl sites for hydroxylation is 1. The lowest BCUT2D eigenvalue weighted by Crippen LogP contribution is -2.57. The highest BCUT2D eigenvalue weighted by Crippen LogP contribution is 2.39. The van der Waals surface area contributed by atoms with Crippen LogP contribution in [0, 0.1) is 18.6 Å². The number of carboxylic acids is 1. The van der Waals surface area contributed by atoms with Crippen molar-refractivity contribution in [3.05, 3.63) is 93.0 Å². The quantitative estimate of drug-likeness (QED) is 0.234. The van der Waals surface area contributed by atoms with Crippen LogP contribution in [0.2, 0.25) is 0 Å². The number of pyridine rings is 2. The fourth-order valence-electron chi connectivity index (χ4n) is 6.06. The summed E-state index contributed by atoms with van der Waals surface area (Å²) in [6, 6.07) is 3.01. The molecular formula is C33H28F8N4O5. The van der Waals surface area contributed by atoms with Gasteiger partial charge in [-0.2, -0.15) is 26.3 Å². The van der Waals surface area contributed by atoms with Gasteiger partial charge in [-0.3, -0.25) is 14.6 Å². The van der Waals surface area contributed by atoms with Crippen LogP contribution >= 0.6 is 0 Å². The zero-order valence-corrected chi connectivity index (χ0v) is 26.4. The molecule has 3 heterocycles. The van der Waals surface area contributed by atoms with Gasteiger partial charge in [0.05, 0.1) is 29.4 Å². The third kappa shape index (κ3) is 6.86. The van der Waals surface area contributed by atoms with Gasteiger partial charge in [0.15, 0.2) is 6.04 Å². The van der Waals surface area contributed by atoms with Crippen LogP contribution in [0.15, 0.2) is 53.5 Å².